The van der Waals surface area contributed by atoms with Crippen molar-refractivity contribution in [3.63, 3.8) is 0 Å². The van der Waals surface area contributed by atoms with Gasteiger partial charge in [0.2, 0.25) is 0 Å². The highest BCUT2D eigenvalue weighted by Crippen LogP contribution is 2.26. The van der Waals surface area contributed by atoms with Crippen LogP contribution in [0.1, 0.15) is 33.0 Å². The van der Waals surface area contributed by atoms with Crippen LogP contribution in [0.4, 0.5) is 5.69 Å². The third-order valence-corrected chi connectivity index (χ3v) is 5.69. The summed E-state index contributed by atoms with van der Waals surface area (Å²) in [6, 6.07) is 8.45. The molecule has 0 radical (unpaired) electrons. The summed E-state index contributed by atoms with van der Waals surface area (Å²) in [7, 11) is 0. The van der Waals surface area contributed by atoms with E-state index in [9.17, 15) is 0 Å². The number of para-hydroxylation sites is 1. The van der Waals surface area contributed by atoms with Gasteiger partial charge in [-0.15, -0.1) is 10.2 Å². The molecule has 3 rings (SSSR count). The quantitative estimate of drug-likeness (QED) is 0.554. The van der Waals surface area contributed by atoms with Gasteiger partial charge in [-0.2, -0.15) is 0 Å². The van der Waals surface area contributed by atoms with Crippen molar-refractivity contribution < 1.29 is 0 Å². The third kappa shape index (κ3) is 5.63. The van der Waals surface area contributed by atoms with Crippen molar-refractivity contribution in [2.45, 2.75) is 46.2 Å². The van der Waals surface area contributed by atoms with Crippen molar-refractivity contribution in [1.82, 2.24) is 25.0 Å². The zero-order chi connectivity index (χ0) is 20.6. The Hall–Kier alpha value is -2.28. The largest absolute Gasteiger partial charge is 0.367 e. The first-order chi connectivity index (χ1) is 14.1. The van der Waals surface area contributed by atoms with Crippen LogP contribution in [0.25, 0.3) is 0 Å². The molecular weight excluding hydrogens is 386 g/mol. The van der Waals surface area contributed by atoms with Gasteiger partial charge in [0.05, 0.1) is 17.3 Å². The van der Waals surface area contributed by atoms with E-state index in [4.69, 9.17) is 16.6 Å². The van der Waals surface area contributed by atoms with E-state index in [1.54, 1.807) is 6.33 Å². The van der Waals surface area contributed by atoms with Crippen LogP contribution in [0.2, 0.25) is 5.02 Å². The monoisotopic (exact) mass is 417 g/mol. The Bertz CT molecular complexity index is 796. The van der Waals surface area contributed by atoms with E-state index in [1.807, 2.05) is 18.2 Å². The lowest BCUT2D eigenvalue weighted by Crippen LogP contribution is -2.54. The molecule has 0 spiro atoms. The van der Waals surface area contributed by atoms with E-state index >= 15 is 0 Å². The highest BCUT2D eigenvalue weighted by Gasteiger charge is 2.22. The number of piperazine rings is 1. The number of halogens is 1. The summed E-state index contributed by atoms with van der Waals surface area (Å²) < 4.78 is 2.08. The molecule has 158 valence electrons. The molecule has 7 nitrogen and oxygen atoms in total. The second-order valence-corrected chi connectivity index (χ2v) is 7.79. The summed E-state index contributed by atoms with van der Waals surface area (Å²) in [4.78, 5) is 9.62. The summed E-state index contributed by atoms with van der Waals surface area (Å²) in [5, 5.41) is 12.6. The number of hydrogen-bond donors (Lipinski definition) is 1. The van der Waals surface area contributed by atoms with E-state index in [1.165, 1.54) is 0 Å². The minimum atomic E-state index is 0.386. The van der Waals surface area contributed by atoms with Gasteiger partial charge in [0.15, 0.2) is 5.96 Å². The number of aryl methyl sites for hydroxylation is 1. The molecule has 0 aliphatic carbocycles. The normalized spacial score (nSPS) is 16.2. The fourth-order valence-electron chi connectivity index (χ4n) is 3.43. The fraction of sp³-hybridized carbons (Fsp3) is 0.571. The second-order valence-electron chi connectivity index (χ2n) is 7.38. The van der Waals surface area contributed by atoms with E-state index in [0.29, 0.717) is 12.6 Å². The molecule has 1 atom stereocenters. The van der Waals surface area contributed by atoms with Gasteiger partial charge in [0.25, 0.3) is 0 Å². The third-order valence-electron chi connectivity index (χ3n) is 5.37. The predicted molar refractivity (Wildman–Crippen MR) is 120 cm³/mol. The zero-order valence-electron chi connectivity index (χ0n) is 17.7. The number of hydrogen-bond acceptors (Lipinski definition) is 4. The molecule has 1 aliphatic heterocycles. The molecule has 0 amide bonds. The number of rotatable bonds is 7. The van der Waals surface area contributed by atoms with Crippen LogP contribution in [-0.4, -0.2) is 64.4 Å². The Morgan fingerprint density at radius 3 is 2.66 bits per heavy atom. The Morgan fingerprint density at radius 1 is 1.21 bits per heavy atom. The molecule has 1 fully saturated rings. The van der Waals surface area contributed by atoms with Crippen molar-refractivity contribution in [1.29, 1.82) is 0 Å². The molecule has 29 heavy (non-hydrogen) atoms. The number of guanidine groups is 1. The van der Waals surface area contributed by atoms with Gasteiger partial charge in [-0.05, 0) is 25.5 Å². The number of nitrogens with zero attached hydrogens (tertiary/aromatic N) is 6. The maximum Gasteiger partial charge on any atom is 0.194 e. The minimum Gasteiger partial charge on any atom is -0.367 e. The number of anilines is 1. The van der Waals surface area contributed by atoms with Crippen molar-refractivity contribution in [2.75, 3.05) is 37.6 Å². The van der Waals surface area contributed by atoms with Gasteiger partial charge in [0.1, 0.15) is 12.2 Å². The molecule has 2 aromatic rings. The summed E-state index contributed by atoms with van der Waals surface area (Å²) in [6.45, 7) is 11.7. The Labute approximate surface area is 178 Å². The van der Waals surface area contributed by atoms with E-state index < -0.39 is 0 Å². The van der Waals surface area contributed by atoms with Gasteiger partial charge in [-0.1, -0.05) is 37.6 Å². The number of nitrogens with one attached hydrogen (secondary N) is 1. The average Bonchev–Trinajstić information content (AvgIpc) is 3.21. The molecule has 2 heterocycles. The van der Waals surface area contributed by atoms with Crippen LogP contribution in [-0.2, 0) is 13.0 Å². The summed E-state index contributed by atoms with van der Waals surface area (Å²) in [5.74, 6) is 1.99. The van der Waals surface area contributed by atoms with Crippen molar-refractivity contribution >= 4 is 23.2 Å². The van der Waals surface area contributed by atoms with Crippen LogP contribution in [0.3, 0.4) is 0 Å². The summed E-state index contributed by atoms with van der Waals surface area (Å²) >= 11 is 6.38. The highest BCUT2D eigenvalue weighted by atomic mass is 35.5. The van der Waals surface area contributed by atoms with Gasteiger partial charge in [0, 0.05) is 45.2 Å². The molecule has 8 heteroatoms. The summed E-state index contributed by atoms with van der Waals surface area (Å²) in [6.07, 6.45) is 3.73. The topological polar surface area (TPSA) is 61.6 Å². The van der Waals surface area contributed by atoms with Gasteiger partial charge in [-0.25, -0.2) is 0 Å². The molecule has 1 aromatic heterocycles. The van der Waals surface area contributed by atoms with Crippen molar-refractivity contribution in [3.8, 4) is 0 Å². The molecular formula is C21H32ClN7. The number of aromatic nitrogens is 3. The first-order valence-electron chi connectivity index (χ1n) is 10.5. The maximum atomic E-state index is 6.38. The minimum absolute atomic E-state index is 0.386. The Balaban J connectivity index is 1.63. The smallest absolute Gasteiger partial charge is 0.194 e. The van der Waals surface area contributed by atoms with E-state index in [-0.39, 0.29) is 0 Å². The maximum absolute atomic E-state index is 6.38. The van der Waals surface area contributed by atoms with Crippen molar-refractivity contribution in [2.24, 2.45) is 4.99 Å². The van der Waals surface area contributed by atoms with E-state index in [2.05, 4.69) is 56.7 Å². The van der Waals surface area contributed by atoms with Gasteiger partial charge in [-0.3, -0.25) is 4.99 Å². The number of aliphatic imine (C=N–C) groups is 1. The number of benzene rings is 1. The molecule has 0 bridgehead atoms. The van der Waals surface area contributed by atoms with E-state index in [0.717, 1.165) is 68.1 Å². The first kappa shape index (κ1) is 21.4. The van der Waals surface area contributed by atoms with Crippen LogP contribution in [0.5, 0.6) is 0 Å². The molecule has 1 unspecified atom stereocenters. The van der Waals surface area contributed by atoms with Gasteiger partial charge < -0.3 is 19.7 Å². The first-order valence-corrected chi connectivity index (χ1v) is 10.9. The summed E-state index contributed by atoms with van der Waals surface area (Å²) in [5.41, 5.74) is 1.11. The molecule has 1 aromatic carbocycles. The Kier molecular flexibility index (Phi) is 7.75. The lowest BCUT2D eigenvalue weighted by Gasteiger charge is -2.38. The molecule has 1 N–H and O–H groups in total. The molecule has 0 saturated carbocycles. The standard InChI is InChI=1S/C21H32ClN7/c1-4-17(3)25-21(23-10-11-29-16-24-26-20(29)5-2)28-14-12-27(13-15-28)19-9-7-6-8-18(19)22/h6-9,16-17H,4-5,10-15H2,1-3H3,(H,23,25). The highest BCUT2D eigenvalue weighted by molar-refractivity contribution is 6.33. The lowest BCUT2D eigenvalue weighted by atomic mass is 10.2. The lowest BCUT2D eigenvalue weighted by molar-refractivity contribution is 0.365. The zero-order valence-corrected chi connectivity index (χ0v) is 18.4. The fourth-order valence-corrected chi connectivity index (χ4v) is 3.69. The van der Waals surface area contributed by atoms with Crippen LogP contribution in [0.15, 0.2) is 35.6 Å². The average molecular weight is 418 g/mol. The SMILES string of the molecule is CCc1nncn1CCN=C(NC(C)CC)N1CCN(c2ccccc2Cl)CC1. The Morgan fingerprint density at radius 2 is 1.97 bits per heavy atom. The molecule has 1 saturated heterocycles. The molecule has 1 aliphatic rings. The predicted octanol–water partition coefficient (Wildman–Crippen LogP) is 3.06. The van der Waals surface area contributed by atoms with Crippen LogP contribution >= 0.6 is 11.6 Å². The second kappa shape index (κ2) is 10.5. The van der Waals surface area contributed by atoms with Crippen LogP contribution < -0.4 is 10.2 Å². The van der Waals surface area contributed by atoms with Gasteiger partial charge >= 0.3 is 0 Å². The van der Waals surface area contributed by atoms with Crippen LogP contribution in [0, 0.1) is 0 Å². The van der Waals surface area contributed by atoms with Crippen molar-refractivity contribution in [3.05, 3.63) is 41.4 Å².